The zero-order valence-electron chi connectivity index (χ0n) is 11.9. The zero-order valence-corrected chi connectivity index (χ0v) is 12.7. The largest absolute Gasteiger partial charge is 0.322 e. The molecule has 0 saturated heterocycles. The summed E-state index contributed by atoms with van der Waals surface area (Å²) in [4.78, 5) is 13.6. The third kappa shape index (κ3) is 4.79. The number of carbonyl (C=O) groups excluding carboxylic acids is 1. The first kappa shape index (κ1) is 16.4. The molecule has 0 heterocycles. The number of amides is 1. The van der Waals surface area contributed by atoms with Gasteiger partial charge < -0.3 is 5.32 Å². The van der Waals surface area contributed by atoms with E-state index in [1.165, 1.54) is 6.07 Å². The summed E-state index contributed by atoms with van der Waals surface area (Å²) in [6, 6.07) is 10.3. The Bertz CT molecular complexity index is 662. The predicted octanol–water partition coefficient (Wildman–Crippen LogP) is 3.69. The highest BCUT2D eigenvalue weighted by Gasteiger charge is 2.10. The number of benzene rings is 2. The van der Waals surface area contributed by atoms with Gasteiger partial charge in [0, 0.05) is 17.6 Å². The molecule has 0 aliphatic rings. The topological polar surface area (TPSA) is 32.3 Å². The lowest BCUT2D eigenvalue weighted by Gasteiger charge is -2.16. The molecule has 116 valence electrons. The van der Waals surface area contributed by atoms with Crippen LogP contribution in [-0.2, 0) is 11.3 Å². The molecule has 2 rings (SSSR count). The summed E-state index contributed by atoms with van der Waals surface area (Å²) in [5.41, 5.74) is 0.971. The molecule has 0 aromatic heterocycles. The average molecular weight is 325 g/mol. The van der Waals surface area contributed by atoms with Crippen molar-refractivity contribution in [2.75, 3.05) is 18.9 Å². The lowest BCUT2D eigenvalue weighted by molar-refractivity contribution is -0.117. The van der Waals surface area contributed by atoms with E-state index in [9.17, 15) is 13.6 Å². The normalized spacial score (nSPS) is 10.8. The van der Waals surface area contributed by atoms with E-state index >= 15 is 0 Å². The highest BCUT2D eigenvalue weighted by molar-refractivity contribution is 6.30. The van der Waals surface area contributed by atoms with Gasteiger partial charge in [0.15, 0.2) is 0 Å². The molecule has 1 N–H and O–H groups in total. The number of anilines is 1. The summed E-state index contributed by atoms with van der Waals surface area (Å²) in [6.45, 7) is 0.635. The predicted molar refractivity (Wildman–Crippen MR) is 82.8 cm³/mol. The maximum atomic E-state index is 13.5. The SMILES string of the molecule is CN(CC(=O)Nc1ccc(F)cc1F)Cc1ccc(Cl)cc1. The first-order valence-electron chi connectivity index (χ1n) is 6.62. The van der Waals surface area contributed by atoms with Crippen molar-refractivity contribution in [1.82, 2.24) is 4.90 Å². The molecule has 1 amide bonds. The average Bonchev–Trinajstić information content (AvgIpc) is 2.44. The van der Waals surface area contributed by atoms with Gasteiger partial charge in [0.1, 0.15) is 11.6 Å². The first-order valence-corrected chi connectivity index (χ1v) is 7.00. The Hall–Kier alpha value is -1.98. The summed E-state index contributed by atoms with van der Waals surface area (Å²) in [5, 5.41) is 3.07. The molecule has 3 nitrogen and oxygen atoms in total. The maximum Gasteiger partial charge on any atom is 0.238 e. The minimum atomic E-state index is -0.797. The van der Waals surface area contributed by atoms with E-state index in [4.69, 9.17) is 11.6 Å². The molecule has 0 unspecified atom stereocenters. The number of nitrogens with one attached hydrogen (secondary N) is 1. The van der Waals surface area contributed by atoms with Crippen LogP contribution in [0.5, 0.6) is 0 Å². The number of nitrogens with zero attached hydrogens (tertiary/aromatic N) is 1. The van der Waals surface area contributed by atoms with Crippen LogP contribution in [0.25, 0.3) is 0 Å². The second-order valence-corrected chi connectivity index (χ2v) is 5.41. The van der Waals surface area contributed by atoms with Crippen molar-refractivity contribution in [3.05, 3.63) is 64.7 Å². The summed E-state index contributed by atoms with van der Waals surface area (Å²) < 4.78 is 26.2. The molecule has 2 aromatic carbocycles. The van der Waals surface area contributed by atoms with Crippen LogP contribution in [0, 0.1) is 11.6 Å². The number of hydrogen-bond donors (Lipinski definition) is 1. The standard InChI is InChI=1S/C16H15ClF2N2O/c1-21(9-11-2-4-12(17)5-3-11)10-16(22)20-15-7-6-13(18)8-14(15)19/h2-8H,9-10H2,1H3,(H,20,22). The summed E-state index contributed by atoms with van der Waals surface area (Å²) in [6.07, 6.45) is 0. The molecular formula is C16H15ClF2N2O. The van der Waals surface area contributed by atoms with Crippen LogP contribution >= 0.6 is 11.6 Å². The van der Waals surface area contributed by atoms with Crippen molar-refractivity contribution in [1.29, 1.82) is 0 Å². The quantitative estimate of drug-likeness (QED) is 0.909. The fourth-order valence-corrected chi connectivity index (χ4v) is 2.11. The van der Waals surface area contributed by atoms with Gasteiger partial charge >= 0.3 is 0 Å². The van der Waals surface area contributed by atoms with Crippen LogP contribution in [0.3, 0.4) is 0 Å². The van der Waals surface area contributed by atoms with Gasteiger partial charge in [-0.05, 0) is 36.9 Å². The molecule has 2 aromatic rings. The van der Waals surface area contributed by atoms with Crippen LogP contribution < -0.4 is 5.32 Å². The van der Waals surface area contributed by atoms with Gasteiger partial charge in [-0.3, -0.25) is 9.69 Å². The molecule has 6 heteroatoms. The Kier molecular flexibility index (Phi) is 5.46. The van der Waals surface area contributed by atoms with Gasteiger partial charge in [-0.25, -0.2) is 8.78 Å². The fraction of sp³-hybridized carbons (Fsp3) is 0.188. The van der Waals surface area contributed by atoms with Crippen LogP contribution in [0.15, 0.2) is 42.5 Å². The highest BCUT2D eigenvalue weighted by Crippen LogP contribution is 2.15. The Balaban J connectivity index is 1.89. The Morgan fingerprint density at radius 1 is 1.18 bits per heavy atom. The van der Waals surface area contributed by atoms with Crippen molar-refractivity contribution >= 4 is 23.2 Å². The summed E-state index contributed by atoms with van der Waals surface area (Å²) in [5.74, 6) is -1.86. The van der Waals surface area contributed by atoms with Gasteiger partial charge in [0.05, 0.1) is 12.2 Å². The van der Waals surface area contributed by atoms with Crippen LogP contribution in [0.1, 0.15) is 5.56 Å². The van der Waals surface area contributed by atoms with E-state index in [-0.39, 0.29) is 18.1 Å². The summed E-state index contributed by atoms with van der Waals surface area (Å²) in [7, 11) is 1.77. The molecule has 0 spiro atoms. The highest BCUT2D eigenvalue weighted by atomic mass is 35.5. The fourth-order valence-electron chi connectivity index (χ4n) is 1.98. The van der Waals surface area contributed by atoms with Gasteiger partial charge in [-0.2, -0.15) is 0 Å². The minimum absolute atomic E-state index is 0.0358. The van der Waals surface area contributed by atoms with E-state index < -0.39 is 11.6 Å². The Morgan fingerprint density at radius 2 is 1.86 bits per heavy atom. The Labute approximate surface area is 132 Å². The van der Waals surface area contributed by atoms with Crippen LogP contribution in [-0.4, -0.2) is 24.4 Å². The van der Waals surface area contributed by atoms with Crippen LogP contribution in [0.4, 0.5) is 14.5 Å². The van der Waals surface area contributed by atoms with Crippen LogP contribution in [0.2, 0.25) is 5.02 Å². The van der Waals surface area contributed by atoms with Gasteiger partial charge in [-0.1, -0.05) is 23.7 Å². The van der Waals surface area contributed by atoms with Crippen molar-refractivity contribution < 1.29 is 13.6 Å². The number of carbonyl (C=O) groups is 1. The molecule has 0 atom stereocenters. The summed E-state index contributed by atoms with van der Waals surface area (Å²) >= 11 is 5.81. The minimum Gasteiger partial charge on any atom is -0.322 e. The molecule has 0 fully saturated rings. The zero-order chi connectivity index (χ0) is 16.1. The van der Waals surface area contributed by atoms with Gasteiger partial charge in [0.25, 0.3) is 0 Å². The van der Waals surface area contributed by atoms with Crippen molar-refractivity contribution in [2.45, 2.75) is 6.54 Å². The number of likely N-dealkylation sites (N-methyl/N-ethyl adjacent to an activating group) is 1. The molecule has 0 radical (unpaired) electrons. The van der Waals surface area contributed by atoms with E-state index in [0.29, 0.717) is 11.6 Å². The second-order valence-electron chi connectivity index (χ2n) is 4.97. The number of halogens is 3. The first-order chi connectivity index (χ1) is 10.4. The van der Waals surface area contributed by atoms with Gasteiger partial charge in [-0.15, -0.1) is 0 Å². The smallest absolute Gasteiger partial charge is 0.238 e. The van der Waals surface area contributed by atoms with E-state index in [1.807, 2.05) is 12.1 Å². The molecule has 0 aliphatic heterocycles. The maximum absolute atomic E-state index is 13.5. The lowest BCUT2D eigenvalue weighted by Crippen LogP contribution is -2.30. The molecule has 0 saturated carbocycles. The van der Waals surface area contributed by atoms with Gasteiger partial charge in [0.2, 0.25) is 5.91 Å². The van der Waals surface area contributed by atoms with E-state index in [0.717, 1.165) is 17.7 Å². The Morgan fingerprint density at radius 3 is 2.50 bits per heavy atom. The monoisotopic (exact) mass is 324 g/mol. The van der Waals surface area contributed by atoms with Crippen molar-refractivity contribution in [3.8, 4) is 0 Å². The third-order valence-corrected chi connectivity index (χ3v) is 3.24. The van der Waals surface area contributed by atoms with Crippen molar-refractivity contribution in [3.63, 3.8) is 0 Å². The number of hydrogen-bond acceptors (Lipinski definition) is 2. The van der Waals surface area contributed by atoms with E-state index in [2.05, 4.69) is 5.32 Å². The molecular weight excluding hydrogens is 310 g/mol. The molecule has 22 heavy (non-hydrogen) atoms. The molecule has 0 aliphatic carbocycles. The lowest BCUT2D eigenvalue weighted by atomic mass is 10.2. The molecule has 0 bridgehead atoms. The van der Waals surface area contributed by atoms with E-state index in [1.54, 1.807) is 24.1 Å². The second kappa shape index (κ2) is 7.33. The third-order valence-electron chi connectivity index (χ3n) is 2.98. The van der Waals surface area contributed by atoms with Crippen molar-refractivity contribution in [2.24, 2.45) is 0 Å². The number of rotatable bonds is 5.